The number of carboxylic acids is 1. The minimum Gasteiger partial charge on any atom is -0.481 e. The maximum atomic E-state index is 13.5. The normalized spacial score (nSPS) is 26.3. The van der Waals surface area contributed by atoms with Crippen molar-refractivity contribution in [2.75, 3.05) is 0 Å². The molecule has 88 valence electrons. The summed E-state index contributed by atoms with van der Waals surface area (Å²) in [7, 11) is 0. The molecule has 0 aromatic rings. The molecule has 4 heteroatoms. The summed E-state index contributed by atoms with van der Waals surface area (Å²) in [4.78, 5) is 10.9. The maximum Gasteiger partial charge on any atom is 0.309 e. The standard InChI is InChI=1S/C11H18F2O2/c1-10(2,9(14)15)7-8-5-3-4-6-11(8,12)13/h8H,3-7H2,1-2H3,(H,14,15). The van der Waals surface area contributed by atoms with Crippen LogP contribution in [0.4, 0.5) is 8.78 Å². The molecule has 15 heavy (non-hydrogen) atoms. The van der Waals surface area contributed by atoms with Gasteiger partial charge < -0.3 is 5.11 Å². The molecule has 0 spiro atoms. The van der Waals surface area contributed by atoms with Gasteiger partial charge in [0.1, 0.15) is 0 Å². The van der Waals surface area contributed by atoms with E-state index >= 15 is 0 Å². The van der Waals surface area contributed by atoms with Crippen LogP contribution in [0.3, 0.4) is 0 Å². The quantitative estimate of drug-likeness (QED) is 0.792. The second-order valence-electron chi connectivity index (χ2n) is 5.10. The van der Waals surface area contributed by atoms with Gasteiger partial charge in [-0.05, 0) is 33.1 Å². The molecular weight excluding hydrogens is 202 g/mol. The van der Waals surface area contributed by atoms with Crippen LogP contribution in [0.15, 0.2) is 0 Å². The van der Waals surface area contributed by atoms with Crippen LogP contribution < -0.4 is 0 Å². The fourth-order valence-corrected chi connectivity index (χ4v) is 2.12. The van der Waals surface area contributed by atoms with Gasteiger partial charge in [0.15, 0.2) is 0 Å². The zero-order valence-electron chi connectivity index (χ0n) is 9.22. The molecule has 0 amide bonds. The number of carboxylic acid groups (broad SMARTS) is 1. The van der Waals surface area contributed by atoms with E-state index in [4.69, 9.17) is 5.11 Å². The Labute approximate surface area is 88.7 Å². The van der Waals surface area contributed by atoms with Gasteiger partial charge in [-0.25, -0.2) is 8.78 Å². The summed E-state index contributed by atoms with van der Waals surface area (Å²) in [6, 6.07) is 0. The molecule has 1 fully saturated rings. The lowest BCUT2D eigenvalue weighted by atomic mass is 9.74. The van der Waals surface area contributed by atoms with Gasteiger partial charge in [-0.15, -0.1) is 0 Å². The largest absolute Gasteiger partial charge is 0.481 e. The van der Waals surface area contributed by atoms with E-state index in [1.807, 2.05) is 0 Å². The predicted molar refractivity (Wildman–Crippen MR) is 52.9 cm³/mol. The zero-order chi connectivity index (χ0) is 11.7. The number of hydrogen-bond acceptors (Lipinski definition) is 1. The Hall–Kier alpha value is -0.670. The van der Waals surface area contributed by atoms with E-state index < -0.39 is 23.2 Å². The number of alkyl halides is 2. The second-order valence-corrected chi connectivity index (χ2v) is 5.10. The average molecular weight is 220 g/mol. The molecule has 1 atom stereocenters. The van der Waals surface area contributed by atoms with Crippen LogP contribution in [-0.2, 0) is 4.79 Å². The van der Waals surface area contributed by atoms with E-state index in [1.54, 1.807) is 0 Å². The Morgan fingerprint density at radius 2 is 2.07 bits per heavy atom. The molecule has 1 aliphatic rings. The molecule has 0 heterocycles. The molecule has 1 unspecified atom stereocenters. The number of carbonyl (C=O) groups is 1. The molecule has 0 aromatic heterocycles. The summed E-state index contributed by atoms with van der Waals surface area (Å²) in [5.41, 5.74) is -1.05. The van der Waals surface area contributed by atoms with Crippen molar-refractivity contribution in [1.29, 1.82) is 0 Å². The van der Waals surface area contributed by atoms with Crippen LogP contribution in [0.25, 0.3) is 0 Å². The van der Waals surface area contributed by atoms with Crippen LogP contribution >= 0.6 is 0 Å². The Kier molecular flexibility index (Phi) is 3.36. The summed E-state index contributed by atoms with van der Waals surface area (Å²) in [6.07, 6.45) is 1.76. The molecule has 2 nitrogen and oxygen atoms in total. The van der Waals surface area contributed by atoms with Crippen molar-refractivity contribution >= 4 is 5.97 Å². The molecule has 1 saturated carbocycles. The summed E-state index contributed by atoms with van der Waals surface area (Å²) in [5.74, 6) is -4.44. The minimum atomic E-state index is -2.68. The van der Waals surface area contributed by atoms with Gasteiger partial charge in [-0.3, -0.25) is 4.79 Å². The lowest BCUT2D eigenvalue weighted by Gasteiger charge is -2.35. The molecule has 0 aromatic carbocycles. The first-order valence-corrected chi connectivity index (χ1v) is 5.37. The monoisotopic (exact) mass is 220 g/mol. The van der Waals surface area contributed by atoms with Crippen LogP contribution in [-0.4, -0.2) is 17.0 Å². The maximum absolute atomic E-state index is 13.5. The Morgan fingerprint density at radius 1 is 1.47 bits per heavy atom. The highest BCUT2D eigenvalue weighted by molar-refractivity contribution is 5.73. The third-order valence-electron chi connectivity index (χ3n) is 3.25. The van der Waals surface area contributed by atoms with E-state index in [-0.39, 0.29) is 12.8 Å². The van der Waals surface area contributed by atoms with Crippen molar-refractivity contribution in [2.45, 2.75) is 51.9 Å². The van der Waals surface area contributed by atoms with Crippen molar-refractivity contribution < 1.29 is 18.7 Å². The van der Waals surface area contributed by atoms with Gasteiger partial charge >= 0.3 is 5.97 Å². The first kappa shape index (κ1) is 12.4. The SMILES string of the molecule is CC(C)(CC1CCCCC1(F)F)C(=O)O. The second kappa shape index (κ2) is 4.06. The Morgan fingerprint density at radius 3 is 2.53 bits per heavy atom. The summed E-state index contributed by atoms with van der Waals surface area (Å²) < 4.78 is 26.9. The molecular formula is C11H18F2O2. The van der Waals surface area contributed by atoms with Gasteiger partial charge in [-0.2, -0.15) is 0 Å². The Balaban J connectivity index is 2.67. The van der Waals surface area contributed by atoms with E-state index in [1.165, 1.54) is 13.8 Å². The number of aliphatic carboxylic acids is 1. The van der Waals surface area contributed by atoms with E-state index in [2.05, 4.69) is 0 Å². The zero-order valence-corrected chi connectivity index (χ0v) is 9.22. The lowest BCUT2D eigenvalue weighted by molar-refractivity contribution is -0.152. The predicted octanol–water partition coefficient (Wildman–Crippen LogP) is 3.31. The highest BCUT2D eigenvalue weighted by Gasteiger charge is 2.45. The molecule has 1 N–H and O–H groups in total. The van der Waals surface area contributed by atoms with Gasteiger partial charge in [0.25, 0.3) is 5.92 Å². The number of rotatable bonds is 3. The van der Waals surface area contributed by atoms with Crippen molar-refractivity contribution in [3.63, 3.8) is 0 Å². The van der Waals surface area contributed by atoms with Crippen LogP contribution in [0.2, 0.25) is 0 Å². The molecule has 1 rings (SSSR count). The lowest BCUT2D eigenvalue weighted by Crippen LogP contribution is -2.37. The van der Waals surface area contributed by atoms with Crippen molar-refractivity contribution in [1.82, 2.24) is 0 Å². The highest BCUT2D eigenvalue weighted by atomic mass is 19.3. The molecule has 0 saturated heterocycles. The van der Waals surface area contributed by atoms with Gasteiger partial charge in [0, 0.05) is 12.3 Å². The third-order valence-corrected chi connectivity index (χ3v) is 3.25. The fourth-order valence-electron chi connectivity index (χ4n) is 2.12. The van der Waals surface area contributed by atoms with E-state index in [9.17, 15) is 13.6 Å². The fraction of sp³-hybridized carbons (Fsp3) is 0.909. The highest BCUT2D eigenvalue weighted by Crippen LogP contribution is 2.44. The first-order valence-electron chi connectivity index (χ1n) is 5.37. The summed E-state index contributed by atoms with van der Waals surface area (Å²) in [5, 5.41) is 8.90. The topological polar surface area (TPSA) is 37.3 Å². The number of hydrogen-bond donors (Lipinski definition) is 1. The van der Waals surface area contributed by atoms with Crippen LogP contribution in [0.5, 0.6) is 0 Å². The van der Waals surface area contributed by atoms with E-state index in [0.717, 1.165) is 6.42 Å². The first-order chi connectivity index (χ1) is 6.76. The molecule has 0 bridgehead atoms. The van der Waals surface area contributed by atoms with Gasteiger partial charge in [0.2, 0.25) is 0 Å². The van der Waals surface area contributed by atoms with E-state index in [0.29, 0.717) is 12.8 Å². The van der Waals surface area contributed by atoms with Crippen molar-refractivity contribution in [2.24, 2.45) is 11.3 Å². The summed E-state index contributed by atoms with van der Waals surface area (Å²) >= 11 is 0. The van der Waals surface area contributed by atoms with Gasteiger partial charge in [-0.1, -0.05) is 6.42 Å². The summed E-state index contributed by atoms with van der Waals surface area (Å²) in [6.45, 7) is 3.03. The van der Waals surface area contributed by atoms with Crippen molar-refractivity contribution in [3.05, 3.63) is 0 Å². The molecule has 1 aliphatic carbocycles. The molecule has 0 radical (unpaired) electrons. The van der Waals surface area contributed by atoms with Crippen LogP contribution in [0, 0.1) is 11.3 Å². The van der Waals surface area contributed by atoms with Gasteiger partial charge in [0.05, 0.1) is 5.41 Å². The molecule has 0 aliphatic heterocycles. The van der Waals surface area contributed by atoms with Crippen LogP contribution in [0.1, 0.15) is 46.0 Å². The van der Waals surface area contributed by atoms with Crippen molar-refractivity contribution in [3.8, 4) is 0 Å². The number of halogens is 2. The minimum absolute atomic E-state index is 0.0648. The smallest absolute Gasteiger partial charge is 0.309 e. The Bertz CT molecular complexity index is 249. The third kappa shape index (κ3) is 2.89. The average Bonchev–Trinajstić information content (AvgIpc) is 2.08.